The number of nitrogens with two attached hydrogens (primary N) is 1. The molecule has 148 valence electrons. The van der Waals surface area contributed by atoms with Gasteiger partial charge in [0.25, 0.3) is 0 Å². The van der Waals surface area contributed by atoms with E-state index >= 15 is 0 Å². The van der Waals surface area contributed by atoms with Crippen LogP contribution in [0.25, 0.3) is 0 Å². The zero-order valence-electron chi connectivity index (χ0n) is 16.0. The van der Waals surface area contributed by atoms with Crippen LogP contribution >= 0.6 is 12.4 Å². The Bertz CT molecular complexity index is 614. The van der Waals surface area contributed by atoms with Crippen LogP contribution in [0.15, 0.2) is 12.1 Å². The van der Waals surface area contributed by atoms with Gasteiger partial charge in [0.05, 0.1) is 27.9 Å². The number of methoxy groups -OCH3 is 3. The van der Waals surface area contributed by atoms with E-state index in [1.165, 1.54) is 0 Å². The minimum atomic E-state index is -0.0156. The number of halogens is 1. The van der Waals surface area contributed by atoms with Crippen molar-refractivity contribution in [3.05, 3.63) is 17.7 Å². The summed E-state index contributed by atoms with van der Waals surface area (Å²) in [6.45, 7) is 5.32. The first-order valence-corrected chi connectivity index (χ1v) is 8.42. The number of carbonyl (C=O) groups is 1. The number of likely N-dealkylation sites (tertiary alicyclic amines) is 1. The third kappa shape index (κ3) is 5.40. The van der Waals surface area contributed by atoms with Crippen LogP contribution < -0.4 is 25.3 Å². The van der Waals surface area contributed by atoms with Gasteiger partial charge in [-0.2, -0.15) is 0 Å². The number of benzene rings is 1. The van der Waals surface area contributed by atoms with Crippen LogP contribution in [0.1, 0.15) is 18.9 Å². The lowest BCUT2D eigenvalue weighted by Crippen LogP contribution is -2.38. The van der Waals surface area contributed by atoms with Crippen molar-refractivity contribution in [3.8, 4) is 17.2 Å². The van der Waals surface area contributed by atoms with Crippen molar-refractivity contribution in [1.82, 2.24) is 10.2 Å². The molecule has 1 atom stereocenters. The molecule has 0 saturated carbocycles. The van der Waals surface area contributed by atoms with Gasteiger partial charge in [-0.3, -0.25) is 9.69 Å². The van der Waals surface area contributed by atoms with E-state index in [-0.39, 0.29) is 23.7 Å². The first kappa shape index (κ1) is 22.3. The molecule has 0 bridgehead atoms. The van der Waals surface area contributed by atoms with Crippen molar-refractivity contribution in [2.24, 2.45) is 11.1 Å². The quantitative estimate of drug-likeness (QED) is 0.701. The molecule has 1 saturated heterocycles. The highest BCUT2D eigenvalue weighted by atomic mass is 35.5. The molecule has 1 amide bonds. The van der Waals surface area contributed by atoms with Gasteiger partial charge in [-0.05, 0) is 31.0 Å². The SMILES string of the molecule is COc1cc(OC)c(OC)cc1CNC(=O)CN1CCC(C)(CN)C1.Cl. The molecule has 8 heteroatoms. The summed E-state index contributed by atoms with van der Waals surface area (Å²) in [4.78, 5) is 14.4. The van der Waals surface area contributed by atoms with Crippen LogP contribution in [-0.2, 0) is 11.3 Å². The summed E-state index contributed by atoms with van der Waals surface area (Å²) < 4.78 is 16.0. The molecule has 1 aromatic carbocycles. The van der Waals surface area contributed by atoms with Gasteiger partial charge in [0, 0.05) is 24.7 Å². The van der Waals surface area contributed by atoms with Crippen LogP contribution in [-0.4, -0.2) is 58.3 Å². The average Bonchev–Trinajstić information content (AvgIpc) is 3.00. The van der Waals surface area contributed by atoms with Crippen LogP contribution in [0.5, 0.6) is 17.2 Å². The van der Waals surface area contributed by atoms with E-state index in [1.807, 2.05) is 6.07 Å². The first-order chi connectivity index (χ1) is 11.9. The van der Waals surface area contributed by atoms with Gasteiger partial charge in [0.15, 0.2) is 11.5 Å². The number of rotatable bonds is 8. The van der Waals surface area contributed by atoms with E-state index in [2.05, 4.69) is 17.1 Å². The van der Waals surface area contributed by atoms with E-state index in [9.17, 15) is 4.79 Å². The van der Waals surface area contributed by atoms with Crippen LogP contribution in [0.4, 0.5) is 0 Å². The van der Waals surface area contributed by atoms with Crippen molar-refractivity contribution in [2.75, 3.05) is 47.5 Å². The molecule has 1 heterocycles. The van der Waals surface area contributed by atoms with Gasteiger partial charge >= 0.3 is 0 Å². The molecule has 1 aliphatic rings. The molecule has 26 heavy (non-hydrogen) atoms. The number of nitrogens with zero attached hydrogens (tertiary/aromatic N) is 1. The molecule has 0 radical (unpaired) electrons. The summed E-state index contributed by atoms with van der Waals surface area (Å²) in [5.74, 6) is 1.83. The number of ether oxygens (including phenoxy) is 3. The molecule has 0 aliphatic carbocycles. The maximum Gasteiger partial charge on any atom is 0.234 e. The van der Waals surface area contributed by atoms with Gasteiger partial charge in [-0.25, -0.2) is 0 Å². The summed E-state index contributed by atoms with van der Waals surface area (Å²) in [6.07, 6.45) is 1.03. The molecule has 1 aliphatic heterocycles. The Hall–Kier alpha value is -1.70. The van der Waals surface area contributed by atoms with Gasteiger partial charge in [0.1, 0.15) is 5.75 Å². The number of carbonyl (C=O) groups excluding carboxylic acids is 1. The monoisotopic (exact) mass is 387 g/mol. The summed E-state index contributed by atoms with van der Waals surface area (Å²) in [5.41, 5.74) is 6.77. The Kier molecular flexibility index (Phi) is 8.46. The highest BCUT2D eigenvalue weighted by Crippen LogP contribution is 2.34. The number of nitrogens with one attached hydrogen (secondary N) is 1. The first-order valence-electron chi connectivity index (χ1n) is 8.42. The van der Waals surface area contributed by atoms with Crippen LogP contribution in [0.2, 0.25) is 0 Å². The molecule has 1 aromatic rings. The molecule has 1 unspecified atom stereocenters. The second-order valence-corrected chi connectivity index (χ2v) is 6.77. The Labute approximate surface area is 161 Å². The van der Waals surface area contributed by atoms with Crippen LogP contribution in [0.3, 0.4) is 0 Å². The fourth-order valence-electron chi connectivity index (χ4n) is 3.11. The molecule has 7 nitrogen and oxygen atoms in total. The highest BCUT2D eigenvalue weighted by Gasteiger charge is 2.33. The Morgan fingerprint density at radius 1 is 1.19 bits per heavy atom. The number of amides is 1. The Morgan fingerprint density at radius 2 is 1.81 bits per heavy atom. The minimum absolute atomic E-state index is 0. The van der Waals surface area contributed by atoms with Gasteiger partial charge < -0.3 is 25.3 Å². The highest BCUT2D eigenvalue weighted by molar-refractivity contribution is 5.85. The second kappa shape index (κ2) is 9.85. The maximum atomic E-state index is 12.3. The zero-order chi connectivity index (χ0) is 18.4. The van der Waals surface area contributed by atoms with Crippen LogP contribution in [0, 0.1) is 5.41 Å². The second-order valence-electron chi connectivity index (χ2n) is 6.77. The lowest BCUT2D eigenvalue weighted by Gasteiger charge is -2.22. The third-order valence-electron chi connectivity index (χ3n) is 4.76. The number of hydrogen-bond acceptors (Lipinski definition) is 6. The normalized spacial score (nSPS) is 19.6. The Morgan fingerprint density at radius 3 is 2.35 bits per heavy atom. The van der Waals surface area contributed by atoms with E-state index in [1.54, 1.807) is 27.4 Å². The molecule has 0 aromatic heterocycles. The summed E-state index contributed by atoms with van der Waals surface area (Å²) >= 11 is 0. The van der Waals surface area contributed by atoms with Gasteiger partial charge in [0.2, 0.25) is 5.91 Å². The van der Waals surface area contributed by atoms with E-state index in [0.29, 0.717) is 36.9 Å². The van der Waals surface area contributed by atoms with Gasteiger partial charge in [-0.1, -0.05) is 6.92 Å². The fourth-order valence-corrected chi connectivity index (χ4v) is 3.11. The van der Waals surface area contributed by atoms with Gasteiger partial charge in [-0.15, -0.1) is 12.4 Å². The topological polar surface area (TPSA) is 86.0 Å². The smallest absolute Gasteiger partial charge is 0.234 e. The summed E-state index contributed by atoms with van der Waals surface area (Å²) in [7, 11) is 4.74. The summed E-state index contributed by atoms with van der Waals surface area (Å²) in [5, 5.41) is 2.95. The van der Waals surface area contributed by atoms with Crippen molar-refractivity contribution < 1.29 is 19.0 Å². The van der Waals surface area contributed by atoms with E-state index < -0.39 is 0 Å². The predicted molar refractivity (Wildman–Crippen MR) is 103 cm³/mol. The fraction of sp³-hybridized carbons (Fsp3) is 0.611. The lowest BCUT2D eigenvalue weighted by molar-refractivity contribution is -0.122. The van der Waals surface area contributed by atoms with Crippen molar-refractivity contribution in [2.45, 2.75) is 19.9 Å². The van der Waals surface area contributed by atoms with E-state index in [4.69, 9.17) is 19.9 Å². The van der Waals surface area contributed by atoms with Crippen molar-refractivity contribution in [3.63, 3.8) is 0 Å². The largest absolute Gasteiger partial charge is 0.496 e. The minimum Gasteiger partial charge on any atom is -0.496 e. The average molecular weight is 388 g/mol. The zero-order valence-corrected chi connectivity index (χ0v) is 16.8. The molecule has 2 rings (SSSR count). The molecular weight excluding hydrogens is 358 g/mol. The van der Waals surface area contributed by atoms with Crippen molar-refractivity contribution in [1.29, 1.82) is 0 Å². The molecular formula is C18H30ClN3O4. The molecule has 3 N–H and O–H groups in total. The van der Waals surface area contributed by atoms with E-state index in [0.717, 1.165) is 25.1 Å². The standard InChI is InChI=1S/C18H29N3O4.ClH/c1-18(11-19)5-6-21(12-18)10-17(22)20-9-13-7-15(24-3)16(25-4)8-14(13)23-2;/h7-8H,5-6,9-12,19H2,1-4H3,(H,20,22);1H. The third-order valence-corrected chi connectivity index (χ3v) is 4.76. The molecule has 1 fully saturated rings. The Balaban J connectivity index is 0.00000338. The number of hydrogen-bond donors (Lipinski definition) is 2. The lowest BCUT2D eigenvalue weighted by atomic mass is 9.90. The maximum absolute atomic E-state index is 12.3. The predicted octanol–water partition coefficient (Wildman–Crippen LogP) is 1.42. The molecule has 0 spiro atoms. The van der Waals surface area contributed by atoms with Crippen molar-refractivity contribution >= 4 is 18.3 Å². The summed E-state index contributed by atoms with van der Waals surface area (Å²) in [6, 6.07) is 3.58.